The number of rotatable bonds is 5. The van der Waals surface area contributed by atoms with Crippen LogP contribution in [0, 0.1) is 0 Å². The lowest BCUT2D eigenvalue weighted by atomic mass is 9.88. The molecule has 0 heterocycles. The van der Waals surface area contributed by atoms with E-state index >= 15 is 0 Å². The van der Waals surface area contributed by atoms with Crippen LogP contribution in [0.15, 0.2) is 83.8 Å². The fourth-order valence-electron chi connectivity index (χ4n) is 2.56. The number of benzene rings is 3. The van der Waals surface area contributed by atoms with Gasteiger partial charge >= 0.3 is 0 Å². The molecule has 0 radical (unpaired) electrons. The average molecular weight is 375 g/mol. The van der Waals surface area contributed by atoms with E-state index in [0.29, 0.717) is 15.8 Å². The molecule has 0 amide bonds. The van der Waals surface area contributed by atoms with Gasteiger partial charge in [0.25, 0.3) is 0 Å². The lowest BCUT2D eigenvalue weighted by Crippen LogP contribution is -2.30. The Morgan fingerprint density at radius 2 is 1.17 bits per heavy atom. The molecule has 0 spiro atoms. The molecular formula is C20H16Cl2OS. The summed E-state index contributed by atoms with van der Waals surface area (Å²) in [4.78, 5) is 0.783. The van der Waals surface area contributed by atoms with Gasteiger partial charge in [-0.3, -0.25) is 0 Å². The average Bonchev–Trinajstić information content (AvgIpc) is 2.62. The molecule has 1 N–H and O–H groups in total. The highest BCUT2D eigenvalue weighted by Crippen LogP contribution is 2.40. The minimum absolute atomic E-state index is 0.407. The summed E-state index contributed by atoms with van der Waals surface area (Å²) in [7, 11) is 0. The quantitative estimate of drug-likeness (QED) is 0.550. The first-order valence-electron chi connectivity index (χ1n) is 7.51. The summed E-state index contributed by atoms with van der Waals surface area (Å²) in [5, 5.41) is 12.7. The van der Waals surface area contributed by atoms with Crippen molar-refractivity contribution in [2.24, 2.45) is 0 Å². The molecule has 0 aromatic heterocycles. The molecule has 0 aliphatic carbocycles. The molecule has 122 valence electrons. The summed E-state index contributed by atoms with van der Waals surface area (Å²) < 4.78 is 0. The minimum atomic E-state index is -1.13. The van der Waals surface area contributed by atoms with Gasteiger partial charge in [-0.1, -0.05) is 89.9 Å². The SMILES string of the molecule is OC(CSc1c(Cl)cccc1Cl)(c1ccccc1)c1ccccc1. The van der Waals surface area contributed by atoms with Gasteiger partial charge in [-0.05, 0) is 23.3 Å². The van der Waals surface area contributed by atoms with Gasteiger partial charge in [0.2, 0.25) is 0 Å². The van der Waals surface area contributed by atoms with Crippen molar-refractivity contribution < 1.29 is 5.11 Å². The Morgan fingerprint density at radius 3 is 1.62 bits per heavy atom. The molecule has 0 aliphatic heterocycles. The Morgan fingerprint density at radius 1 is 0.708 bits per heavy atom. The van der Waals surface area contributed by atoms with Gasteiger partial charge in [0.15, 0.2) is 0 Å². The van der Waals surface area contributed by atoms with Crippen molar-refractivity contribution in [3.8, 4) is 0 Å². The molecule has 0 saturated heterocycles. The largest absolute Gasteiger partial charge is 0.380 e. The number of hydrogen-bond donors (Lipinski definition) is 1. The van der Waals surface area contributed by atoms with E-state index < -0.39 is 5.60 Å². The second-order valence-electron chi connectivity index (χ2n) is 5.43. The zero-order valence-electron chi connectivity index (χ0n) is 12.8. The van der Waals surface area contributed by atoms with Gasteiger partial charge in [0.05, 0.1) is 10.0 Å². The van der Waals surface area contributed by atoms with Gasteiger partial charge in [-0.2, -0.15) is 0 Å². The van der Waals surface area contributed by atoms with Crippen molar-refractivity contribution in [3.63, 3.8) is 0 Å². The van der Waals surface area contributed by atoms with Gasteiger partial charge < -0.3 is 5.11 Å². The van der Waals surface area contributed by atoms with Crippen molar-refractivity contribution in [1.82, 2.24) is 0 Å². The summed E-state index contributed by atoms with van der Waals surface area (Å²) in [5.41, 5.74) is 0.550. The van der Waals surface area contributed by atoms with Crippen molar-refractivity contribution in [3.05, 3.63) is 100 Å². The summed E-state index contributed by atoms with van der Waals surface area (Å²) >= 11 is 14.0. The van der Waals surface area contributed by atoms with Crippen LogP contribution in [0.3, 0.4) is 0 Å². The Hall–Kier alpha value is -1.45. The summed E-state index contributed by atoms with van der Waals surface area (Å²) in [6.45, 7) is 0. The van der Waals surface area contributed by atoms with E-state index in [0.717, 1.165) is 16.0 Å². The standard InChI is InChI=1S/C20H16Cl2OS/c21-17-12-7-13-18(22)19(17)24-14-20(23,15-8-3-1-4-9-15)16-10-5-2-6-11-16/h1-13,23H,14H2. The highest BCUT2D eigenvalue weighted by atomic mass is 35.5. The summed E-state index contributed by atoms with van der Waals surface area (Å²) in [6.07, 6.45) is 0. The fraction of sp³-hybridized carbons (Fsp3) is 0.100. The van der Waals surface area contributed by atoms with Crippen molar-refractivity contribution in [2.75, 3.05) is 5.75 Å². The first kappa shape index (κ1) is 17.4. The molecule has 3 aromatic rings. The molecule has 0 bridgehead atoms. The lowest BCUT2D eigenvalue weighted by molar-refractivity contribution is 0.107. The molecule has 4 heteroatoms. The predicted molar refractivity (Wildman–Crippen MR) is 103 cm³/mol. The van der Waals surface area contributed by atoms with Crippen LogP contribution < -0.4 is 0 Å². The molecule has 3 rings (SSSR count). The molecule has 3 aromatic carbocycles. The van der Waals surface area contributed by atoms with Crippen molar-refractivity contribution in [2.45, 2.75) is 10.5 Å². The number of aliphatic hydroxyl groups is 1. The minimum Gasteiger partial charge on any atom is -0.380 e. The second-order valence-corrected chi connectivity index (χ2v) is 7.23. The van der Waals surface area contributed by atoms with Gasteiger partial charge in [0.1, 0.15) is 5.60 Å². The van der Waals surface area contributed by atoms with E-state index in [1.54, 1.807) is 12.1 Å². The third-order valence-electron chi connectivity index (χ3n) is 3.85. The Kier molecular flexibility index (Phi) is 5.52. The number of hydrogen-bond acceptors (Lipinski definition) is 2. The van der Waals surface area contributed by atoms with E-state index in [9.17, 15) is 5.11 Å². The van der Waals surface area contributed by atoms with E-state index in [1.807, 2.05) is 66.7 Å². The topological polar surface area (TPSA) is 20.2 Å². The van der Waals surface area contributed by atoms with E-state index in [2.05, 4.69) is 0 Å². The number of thioether (sulfide) groups is 1. The second kappa shape index (κ2) is 7.62. The molecular weight excluding hydrogens is 359 g/mol. The Labute approximate surface area is 156 Å². The summed E-state index contributed by atoms with van der Waals surface area (Å²) in [6, 6.07) is 24.7. The maximum Gasteiger partial charge on any atom is 0.124 e. The van der Waals surface area contributed by atoms with Gasteiger partial charge in [-0.25, -0.2) is 0 Å². The van der Waals surface area contributed by atoms with Crippen LogP contribution in [-0.2, 0) is 5.60 Å². The van der Waals surface area contributed by atoms with Crippen molar-refractivity contribution in [1.29, 1.82) is 0 Å². The monoisotopic (exact) mass is 374 g/mol. The number of halogens is 2. The molecule has 0 aliphatic rings. The zero-order valence-corrected chi connectivity index (χ0v) is 15.2. The van der Waals surface area contributed by atoms with E-state index in [1.165, 1.54) is 11.8 Å². The molecule has 1 nitrogen and oxygen atoms in total. The maximum absolute atomic E-state index is 11.5. The molecule has 0 unspecified atom stereocenters. The smallest absolute Gasteiger partial charge is 0.124 e. The Bertz CT molecular complexity index is 747. The van der Waals surface area contributed by atoms with Gasteiger partial charge in [-0.15, -0.1) is 11.8 Å². The van der Waals surface area contributed by atoms with Gasteiger partial charge in [0, 0.05) is 10.6 Å². The molecule has 24 heavy (non-hydrogen) atoms. The predicted octanol–water partition coefficient (Wildman–Crippen LogP) is 6.02. The van der Waals surface area contributed by atoms with E-state index in [-0.39, 0.29) is 0 Å². The third kappa shape index (κ3) is 3.62. The third-order valence-corrected chi connectivity index (χ3v) is 5.99. The Balaban J connectivity index is 1.98. The normalized spacial score (nSPS) is 11.5. The highest BCUT2D eigenvalue weighted by Gasteiger charge is 2.32. The molecule has 0 fully saturated rings. The maximum atomic E-state index is 11.5. The van der Waals surface area contributed by atoms with E-state index in [4.69, 9.17) is 23.2 Å². The fourth-order valence-corrected chi connectivity index (χ4v) is 4.38. The lowest BCUT2D eigenvalue weighted by Gasteiger charge is -2.29. The zero-order chi connectivity index (χ0) is 17.0. The molecule has 0 saturated carbocycles. The van der Waals surface area contributed by atoms with Crippen LogP contribution in [0.5, 0.6) is 0 Å². The van der Waals surface area contributed by atoms with Crippen LogP contribution in [0.4, 0.5) is 0 Å². The summed E-state index contributed by atoms with van der Waals surface area (Å²) in [5.74, 6) is 0.407. The van der Waals surface area contributed by atoms with Crippen LogP contribution >= 0.6 is 35.0 Å². The van der Waals surface area contributed by atoms with Crippen LogP contribution in [0.1, 0.15) is 11.1 Å². The molecule has 0 atom stereocenters. The van der Waals surface area contributed by atoms with Crippen molar-refractivity contribution >= 4 is 35.0 Å². The van der Waals surface area contributed by atoms with Crippen LogP contribution in [0.2, 0.25) is 10.0 Å². The first-order chi connectivity index (χ1) is 11.6. The highest BCUT2D eigenvalue weighted by molar-refractivity contribution is 7.99. The first-order valence-corrected chi connectivity index (χ1v) is 9.25. The van der Waals surface area contributed by atoms with Crippen LogP contribution in [0.25, 0.3) is 0 Å². The van der Waals surface area contributed by atoms with Crippen LogP contribution in [-0.4, -0.2) is 10.9 Å².